The number of nitrogens with zero attached hydrogens (tertiary/aromatic N) is 2. The number of aryl methyl sites for hydroxylation is 3. The zero-order chi connectivity index (χ0) is 19.7. The van der Waals surface area contributed by atoms with Crippen LogP contribution in [0.15, 0.2) is 53.0 Å². The molecule has 1 amide bonds. The van der Waals surface area contributed by atoms with Gasteiger partial charge in [0.1, 0.15) is 5.71 Å². The summed E-state index contributed by atoms with van der Waals surface area (Å²) >= 11 is 1.41. The first-order valence-electron chi connectivity index (χ1n) is 9.14. The molecular formula is C22H21N3O2S. The minimum absolute atomic E-state index is 0.216. The Bertz CT molecular complexity index is 1060. The molecule has 0 saturated carbocycles. The normalized spacial score (nSPS) is 15.8. The summed E-state index contributed by atoms with van der Waals surface area (Å²) in [5.74, 6) is -0.267. The molecule has 4 rings (SSSR count). The molecule has 1 aromatic heterocycles. The Morgan fingerprint density at radius 2 is 1.86 bits per heavy atom. The van der Waals surface area contributed by atoms with E-state index in [2.05, 4.69) is 48.4 Å². The van der Waals surface area contributed by atoms with Crippen molar-refractivity contribution < 1.29 is 9.63 Å². The van der Waals surface area contributed by atoms with Crippen LogP contribution >= 0.6 is 11.3 Å². The number of amides is 1. The van der Waals surface area contributed by atoms with Crippen LogP contribution in [0.1, 0.15) is 34.8 Å². The molecule has 142 valence electrons. The summed E-state index contributed by atoms with van der Waals surface area (Å²) in [6, 6.07) is 14.1. The standard InChI is InChI=1S/C22H21N3O2S/c1-13-9-15(3)17(10-14(13)2)19-12-28-22(23-19)24-21(26)18-11-20(27-25-18)16-7-5-4-6-8-16/h4-10,12,20H,11H2,1-3H3,(H,23,24,26). The van der Waals surface area contributed by atoms with Gasteiger partial charge in [-0.05, 0) is 49.1 Å². The molecule has 1 N–H and O–H groups in total. The van der Waals surface area contributed by atoms with Crippen molar-refractivity contribution in [2.24, 2.45) is 5.16 Å². The fourth-order valence-corrected chi connectivity index (χ4v) is 3.92. The van der Waals surface area contributed by atoms with Crippen LogP contribution in [0.2, 0.25) is 0 Å². The van der Waals surface area contributed by atoms with Gasteiger partial charge in [0.05, 0.1) is 5.69 Å². The van der Waals surface area contributed by atoms with E-state index >= 15 is 0 Å². The van der Waals surface area contributed by atoms with Crippen molar-refractivity contribution in [2.45, 2.75) is 33.3 Å². The van der Waals surface area contributed by atoms with Crippen LogP contribution in [0.4, 0.5) is 5.13 Å². The van der Waals surface area contributed by atoms with E-state index in [9.17, 15) is 4.79 Å². The minimum Gasteiger partial charge on any atom is -0.387 e. The Kier molecular flexibility index (Phi) is 4.96. The lowest BCUT2D eigenvalue weighted by Gasteiger charge is -2.07. The Hall–Kier alpha value is -2.99. The average molecular weight is 391 g/mol. The predicted octanol–water partition coefficient (Wildman–Crippen LogP) is 5.19. The summed E-state index contributed by atoms with van der Waals surface area (Å²) in [5, 5.41) is 9.34. The molecule has 3 aromatic rings. The van der Waals surface area contributed by atoms with Gasteiger partial charge in [-0.2, -0.15) is 0 Å². The molecule has 5 nitrogen and oxygen atoms in total. The van der Waals surface area contributed by atoms with Gasteiger partial charge < -0.3 is 4.84 Å². The van der Waals surface area contributed by atoms with Gasteiger partial charge in [0.25, 0.3) is 5.91 Å². The van der Waals surface area contributed by atoms with Gasteiger partial charge in [0.15, 0.2) is 11.2 Å². The van der Waals surface area contributed by atoms with Crippen LogP contribution in [-0.2, 0) is 9.63 Å². The number of aromatic nitrogens is 1. The summed E-state index contributed by atoms with van der Waals surface area (Å²) in [5.41, 5.74) is 7.01. The lowest BCUT2D eigenvalue weighted by Crippen LogP contribution is -2.21. The van der Waals surface area contributed by atoms with Crippen LogP contribution in [0, 0.1) is 20.8 Å². The van der Waals surface area contributed by atoms with Gasteiger partial charge in [-0.3, -0.25) is 10.1 Å². The number of hydrogen-bond donors (Lipinski definition) is 1. The lowest BCUT2D eigenvalue weighted by atomic mass is 9.99. The summed E-state index contributed by atoms with van der Waals surface area (Å²) in [4.78, 5) is 22.6. The van der Waals surface area contributed by atoms with E-state index in [1.165, 1.54) is 28.0 Å². The van der Waals surface area contributed by atoms with Gasteiger partial charge in [-0.15, -0.1) is 11.3 Å². The maximum absolute atomic E-state index is 12.5. The number of oxime groups is 1. The highest BCUT2D eigenvalue weighted by Gasteiger charge is 2.27. The number of benzene rings is 2. The number of nitrogens with one attached hydrogen (secondary N) is 1. The largest absolute Gasteiger partial charge is 0.387 e. The molecule has 0 spiro atoms. The molecule has 1 unspecified atom stereocenters. The lowest BCUT2D eigenvalue weighted by molar-refractivity contribution is -0.110. The molecule has 1 atom stereocenters. The van der Waals surface area contributed by atoms with Gasteiger partial charge in [-0.25, -0.2) is 4.98 Å². The highest BCUT2D eigenvalue weighted by molar-refractivity contribution is 7.14. The van der Waals surface area contributed by atoms with E-state index in [-0.39, 0.29) is 12.0 Å². The second kappa shape index (κ2) is 7.56. The third kappa shape index (κ3) is 3.68. The van der Waals surface area contributed by atoms with Crippen molar-refractivity contribution in [2.75, 3.05) is 5.32 Å². The highest BCUT2D eigenvalue weighted by Crippen LogP contribution is 2.30. The Morgan fingerprint density at radius 1 is 1.11 bits per heavy atom. The minimum atomic E-state index is -0.267. The highest BCUT2D eigenvalue weighted by atomic mass is 32.1. The molecule has 2 aromatic carbocycles. The van der Waals surface area contributed by atoms with Gasteiger partial charge in [0.2, 0.25) is 0 Å². The molecule has 0 fully saturated rings. The van der Waals surface area contributed by atoms with Crippen molar-refractivity contribution in [3.63, 3.8) is 0 Å². The zero-order valence-electron chi connectivity index (χ0n) is 16.0. The third-order valence-electron chi connectivity index (χ3n) is 4.94. The molecule has 0 aliphatic carbocycles. The third-order valence-corrected chi connectivity index (χ3v) is 5.70. The Labute approximate surface area is 168 Å². The average Bonchev–Trinajstić information content (AvgIpc) is 3.35. The van der Waals surface area contributed by atoms with Gasteiger partial charge in [-0.1, -0.05) is 41.6 Å². The molecule has 6 heteroatoms. The number of carbonyl (C=O) groups excluding carboxylic acids is 1. The molecule has 0 radical (unpaired) electrons. The van der Waals surface area contributed by atoms with Gasteiger partial charge >= 0.3 is 0 Å². The number of hydrogen-bond acceptors (Lipinski definition) is 5. The first kappa shape index (κ1) is 18.4. The maximum Gasteiger partial charge on any atom is 0.275 e. The maximum atomic E-state index is 12.5. The van der Waals surface area contributed by atoms with E-state index < -0.39 is 0 Å². The monoisotopic (exact) mass is 391 g/mol. The Balaban J connectivity index is 1.45. The van der Waals surface area contributed by atoms with E-state index in [0.29, 0.717) is 17.3 Å². The van der Waals surface area contributed by atoms with Gasteiger partial charge in [0, 0.05) is 17.4 Å². The van der Waals surface area contributed by atoms with Crippen molar-refractivity contribution in [1.29, 1.82) is 0 Å². The second-order valence-corrected chi connectivity index (χ2v) is 7.85. The van der Waals surface area contributed by atoms with E-state index in [1.54, 1.807) is 0 Å². The summed E-state index contributed by atoms with van der Waals surface area (Å²) in [6.45, 7) is 6.27. The topological polar surface area (TPSA) is 63.6 Å². The number of rotatable bonds is 4. The molecule has 28 heavy (non-hydrogen) atoms. The molecule has 0 bridgehead atoms. The fraction of sp³-hybridized carbons (Fsp3) is 0.227. The number of thiazole rings is 1. The van der Waals surface area contributed by atoms with Crippen molar-refractivity contribution in [1.82, 2.24) is 4.98 Å². The molecule has 1 aliphatic heterocycles. The van der Waals surface area contributed by atoms with Crippen LogP contribution in [0.25, 0.3) is 11.3 Å². The quantitative estimate of drug-likeness (QED) is 0.665. The second-order valence-electron chi connectivity index (χ2n) is 6.99. The van der Waals surface area contributed by atoms with Crippen LogP contribution in [0.5, 0.6) is 0 Å². The first-order chi connectivity index (χ1) is 13.5. The SMILES string of the molecule is Cc1cc(C)c(-c2csc(NC(=O)C3=NOC(c4ccccc4)C3)n2)cc1C. The molecular weight excluding hydrogens is 370 g/mol. The summed E-state index contributed by atoms with van der Waals surface area (Å²) in [6.07, 6.45) is 0.233. The molecule has 1 aliphatic rings. The van der Waals surface area contributed by atoms with Crippen molar-refractivity contribution >= 4 is 28.1 Å². The van der Waals surface area contributed by atoms with E-state index in [4.69, 9.17) is 4.84 Å². The van der Waals surface area contributed by atoms with Crippen molar-refractivity contribution in [3.8, 4) is 11.3 Å². The van der Waals surface area contributed by atoms with Crippen LogP contribution < -0.4 is 5.32 Å². The van der Waals surface area contributed by atoms with E-state index in [1.807, 2.05) is 35.7 Å². The zero-order valence-corrected chi connectivity index (χ0v) is 16.8. The molecule has 0 saturated heterocycles. The number of anilines is 1. The number of carbonyl (C=O) groups is 1. The molecule has 2 heterocycles. The smallest absolute Gasteiger partial charge is 0.275 e. The summed E-state index contributed by atoms with van der Waals surface area (Å²) < 4.78 is 0. The van der Waals surface area contributed by atoms with Crippen molar-refractivity contribution in [3.05, 3.63) is 70.1 Å². The fourth-order valence-electron chi connectivity index (χ4n) is 3.22. The van der Waals surface area contributed by atoms with Crippen LogP contribution in [0.3, 0.4) is 0 Å². The van der Waals surface area contributed by atoms with E-state index in [0.717, 1.165) is 16.8 Å². The Morgan fingerprint density at radius 3 is 2.64 bits per heavy atom. The summed E-state index contributed by atoms with van der Waals surface area (Å²) in [7, 11) is 0. The van der Waals surface area contributed by atoms with Crippen LogP contribution in [-0.4, -0.2) is 16.6 Å². The predicted molar refractivity (Wildman–Crippen MR) is 113 cm³/mol. The first-order valence-corrected chi connectivity index (χ1v) is 10.0.